The van der Waals surface area contributed by atoms with Gasteiger partial charge in [0.25, 0.3) is 0 Å². The Balaban J connectivity index is 2.17. The van der Waals surface area contributed by atoms with E-state index in [-0.39, 0.29) is 6.04 Å². The molecular formula is C12H16N4S. The van der Waals surface area contributed by atoms with E-state index < -0.39 is 0 Å². The average Bonchev–Trinajstić information content (AvgIpc) is 2.85. The molecule has 0 amide bonds. The van der Waals surface area contributed by atoms with Crippen molar-refractivity contribution in [3.63, 3.8) is 0 Å². The van der Waals surface area contributed by atoms with Crippen molar-refractivity contribution in [3.8, 4) is 0 Å². The minimum Gasteiger partial charge on any atom is -0.312 e. The first-order valence-corrected chi connectivity index (χ1v) is 6.49. The van der Waals surface area contributed by atoms with E-state index in [1.807, 2.05) is 31.6 Å². The van der Waals surface area contributed by atoms with Crippen LogP contribution in [0.15, 0.2) is 24.5 Å². The zero-order chi connectivity index (χ0) is 12.1. The summed E-state index contributed by atoms with van der Waals surface area (Å²) in [7, 11) is 1.98. The first kappa shape index (κ1) is 12.1. The summed E-state index contributed by atoms with van der Waals surface area (Å²) < 4.78 is 4.04. The molecule has 0 spiro atoms. The Morgan fingerprint density at radius 3 is 2.76 bits per heavy atom. The Labute approximate surface area is 105 Å². The maximum absolute atomic E-state index is 4.16. The molecule has 5 heteroatoms. The monoisotopic (exact) mass is 248 g/mol. The smallest absolute Gasteiger partial charge is 0.0801 e. The summed E-state index contributed by atoms with van der Waals surface area (Å²) in [4.78, 5) is 5.27. The van der Waals surface area contributed by atoms with Gasteiger partial charge in [0, 0.05) is 18.4 Å². The molecular weight excluding hydrogens is 232 g/mol. The molecule has 2 aromatic rings. The number of nitrogens with one attached hydrogen (secondary N) is 1. The minimum absolute atomic E-state index is 0.285. The SMILES string of the molecule is CCc1nnsc1C(Cc1ccncc1)NC. The summed E-state index contributed by atoms with van der Waals surface area (Å²) in [5, 5.41) is 7.50. The zero-order valence-electron chi connectivity index (χ0n) is 10.1. The van der Waals surface area contributed by atoms with Crippen molar-refractivity contribution in [2.24, 2.45) is 0 Å². The van der Waals surface area contributed by atoms with Crippen LogP contribution in [0.1, 0.15) is 29.1 Å². The van der Waals surface area contributed by atoms with Crippen LogP contribution in [-0.4, -0.2) is 21.6 Å². The fraction of sp³-hybridized carbons (Fsp3) is 0.417. The van der Waals surface area contributed by atoms with Gasteiger partial charge in [-0.3, -0.25) is 4.98 Å². The van der Waals surface area contributed by atoms with E-state index in [0.29, 0.717) is 0 Å². The molecule has 17 heavy (non-hydrogen) atoms. The van der Waals surface area contributed by atoms with E-state index in [1.165, 1.54) is 22.0 Å². The maximum atomic E-state index is 4.16. The van der Waals surface area contributed by atoms with Gasteiger partial charge in [-0.15, -0.1) is 5.10 Å². The summed E-state index contributed by atoms with van der Waals surface area (Å²) >= 11 is 1.49. The molecule has 4 nitrogen and oxygen atoms in total. The average molecular weight is 248 g/mol. The summed E-state index contributed by atoms with van der Waals surface area (Å²) in [6.07, 6.45) is 5.53. The Bertz CT molecular complexity index is 455. The summed E-state index contributed by atoms with van der Waals surface area (Å²) in [6, 6.07) is 4.38. The molecule has 0 aliphatic heterocycles. The lowest BCUT2D eigenvalue weighted by Gasteiger charge is -2.14. The van der Waals surface area contributed by atoms with Crippen LogP contribution >= 0.6 is 11.5 Å². The molecule has 1 N–H and O–H groups in total. The highest BCUT2D eigenvalue weighted by Crippen LogP contribution is 2.23. The topological polar surface area (TPSA) is 50.7 Å². The third-order valence-corrected chi connectivity index (χ3v) is 3.65. The largest absolute Gasteiger partial charge is 0.312 e. The van der Waals surface area contributed by atoms with E-state index in [9.17, 15) is 0 Å². The highest BCUT2D eigenvalue weighted by Gasteiger charge is 2.17. The molecule has 1 atom stereocenters. The lowest BCUT2D eigenvalue weighted by molar-refractivity contribution is 0.595. The number of aryl methyl sites for hydroxylation is 1. The molecule has 0 saturated heterocycles. The number of hydrogen-bond acceptors (Lipinski definition) is 5. The molecule has 1 unspecified atom stereocenters. The lowest BCUT2D eigenvalue weighted by atomic mass is 10.0. The Kier molecular flexibility index (Phi) is 4.17. The molecule has 0 bridgehead atoms. The molecule has 0 aliphatic rings. The minimum atomic E-state index is 0.285. The van der Waals surface area contributed by atoms with Crippen LogP contribution in [-0.2, 0) is 12.8 Å². The number of pyridine rings is 1. The molecule has 0 saturated carbocycles. The van der Waals surface area contributed by atoms with E-state index >= 15 is 0 Å². The van der Waals surface area contributed by atoms with Gasteiger partial charge in [0.1, 0.15) is 0 Å². The normalized spacial score (nSPS) is 12.6. The van der Waals surface area contributed by atoms with Gasteiger partial charge in [-0.25, -0.2) is 0 Å². The molecule has 2 heterocycles. The second-order valence-electron chi connectivity index (χ2n) is 3.84. The van der Waals surface area contributed by atoms with Gasteiger partial charge in [0.15, 0.2) is 0 Å². The Morgan fingerprint density at radius 2 is 2.12 bits per heavy atom. The van der Waals surface area contributed by atoms with Crippen molar-refractivity contribution in [2.45, 2.75) is 25.8 Å². The third-order valence-electron chi connectivity index (χ3n) is 2.77. The van der Waals surface area contributed by atoms with Crippen LogP contribution in [0.25, 0.3) is 0 Å². The highest BCUT2D eigenvalue weighted by atomic mass is 32.1. The van der Waals surface area contributed by atoms with Crippen LogP contribution in [0.5, 0.6) is 0 Å². The predicted octanol–water partition coefficient (Wildman–Crippen LogP) is 2.00. The van der Waals surface area contributed by atoms with Crippen molar-refractivity contribution in [1.82, 2.24) is 19.9 Å². The van der Waals surface area contributed by atoms with Gasteiger partial charge < -0.3 is 5.32 Å². The van der Waals surface area contributed by atoms with Crippen molar-refractivity contribution < 1.29 is 0 Å². The van der Waals surface area contributed by atoms with Gasteiger partial charge in [-0.1, -0.05) is 11.4 Å². The lowest BCUT2D eigenvalue weighted by Crippen LogP contribution is -2.19. The van der Waals surface area contributed by atoms with Crippen LogP contribution in [0.2, 0.25) is 0 Å². The predicted molar refractivity (Wildman–Crippen MR) is 69.0 cm³/mol. The molecule has 2 aromatic heterocycles. The van der Waals surface area contributed by atoms with Crippen LogP contribution in [0.3, 0.4) is 0 Å². The van der Waals surface area contributed by atoms with Gasteiger partial charge in [0.2, 0.25) is 0 Å². The number of rotatable bonds is 5. The zero-order valence-corrected chi connectivity index (χ0v) is 10.9. The fourth-order valence-electron chi connectivity index (χ4n) is 1.81. The van der Waals surface area contributed by atoms with Crippen LogP contribution < -0.4 is 5.32 Å². The number of aromatic nitrogens is 3. The van der Waals surface area contributed by atoms with Gasteiger partial charge in [-0.05, 0) is 49.1 Å². The quantitative estimate of drug-likeness (QED) is 0.879. The first-order valence-electron chi connectivity index (χ1n) is 5.72. The van der Waals surface area contributed by atoms with Crippen LogP contribution in [0, 0.1) is 0 Å². The summed E-state index contributed by atoms with van der Waals surface area (Å²) in [6.45, 7) is 2.11. The Hall–Kier alpha value is -1.33. The second kappa shape index (κ2) is 5.84. The van der Waals surface area contributed by atoms with E-state index in [4.69, 9.17) is 0 Å². The van der Waals surface area contributed by atoms with Crippen molar-refractivity contribution in [3.05, 3.63) is 40.7 Å². The third kappa shape index (κ3) is 2.87. The molecule has 0 fully saturated rings. The van der Waals surface area contributed by atoms with Crippen molar-refractivity contribution in [1.29, 1.82) is 0 Å². The van der Waals surface area contributed by atoms with Crippen molar-refractivity contribution in [2.75, 3.05) is 7.05 Å². The number of nitrogens with zero attached hydrogens (tertiary/aromatic N) is 3. The Morgan fingerprint density at radius 1 is 1.35 bits per heavy atom. The molecule has 0 aromatic carbocycles. The second-order valence-corrected chi connectivity index (χ2v) is 4.62. The molecule has 0 aliphatic carbocycles. The number of hydrogen-bond donors (Lipinski definition) is 1. The van der Waals surface area contributed by atoms with E-state index in [1.54, 1.807) is 0 Å². The number of likely N-dealkylation sites (N-methyl/N-ethyl adjacent to an activating group) is 1. The fourth-order valence-corrected chi connectivity index (χ4v) is 2.65. The van der Waals surface area contributed by atoms with Gasteiger partial charge in [-0.2, -0.15) is 0 Å². The van der Waals surface area contributed by atoms with E-state index in [0.717, 1.165) is 18.5 Å². The molecule has 90 valence electrons. The summed E-state index contributed by atoms with van der Waals surface area (Å²) in [5.41, 5.74) is 2.37. The van der Waals surface area contributed by atoms with Gasteiger partial charge >= 0.3 is 0 Å². The van der Waals surface area contributed by atoms with Crippen LogP contribution in [0.4, 0.5) is 0 Å². The highest BCUT2D eigenvalue weighted by molar-refractivity contribution is 7.05. The first-order chi connectivity index (χ1) is 8.35. The van der Waals surface area contributed by atoms with Gasteiger partial charge in [0.05, 0.1) is 10.6 Å². The standard InChI is InChI=1S/C12H16N4S/c1-3-10-12(17-16-15-10)11(13-2)8-9-4-6-14-7-5-9/h4-7,11,13H,3,8H2,1-2H3. The van der Waals surface area contributed by atoms with E-state index in [2.05, 4.69) is 26.8 Å². The maximum Gasteiger partial charge on any atom is 0.0801 e. The summed E-state index contributed by atoms with van der Waals surface area (Å²) in [5.74, 6) is 0. The molecule has 2 rings (SSSR count). The van der Waals surface area contributed by atoms with Crippen molar-refractivity contribution >= 4 is 11.5 Å². The molecule has 0 radical (unpaired) electrons.